The van der Waals surface area contributed by atoms with Gasteiger partial charge in [-0.05, 0) is 71.1 Å². The highest BCUT2D eigenvalue weighted by Gasteiger charge is 2.34. The second-order valence-electron chi connectivity index (χ2n) is 8.11. The van der Waals surface area contributed by atoms with Gasteiger partial charge < -0.3 is 19.5 Å². The molecule has 10 heteroatoms. The summed E-state index contributed by atoms with van der Waals surface area (Å²) in [7, 11) is 1.52. The van der Waals surface area contributed by atoms with Gasteiger partial charge in [0.1, 0.15) is 4.32 Å². The number of anilines is 1. The molecule has 0 unspecified atom stereocenters. The van der Waals surface area contributed by atoms with E-state index in [0.29, 0.717) is 31.7 Å². The predicted molar refractivity (Wildman–Crippen MR) is 145 cm³/mol. The third-order valence-corrected chi connectivity index (χ3v) is 7.57. The molecule has 0 saturated carbocycles. The summed E-state index contributed by atoms with van der Waals surface area (Å²) in [5, 5.41) is 2.84. The van der Waals surface area contributed by atoms with Crippen molar-refractivity contribution in [2.24, 2.45) is 0 Å². The Hall–Kier alpha value is -2.40. The molecule has 2 aliphatic rings. The van der Waals surface area contributed by atoms with Crippen LogP contribution in [0.2, 0.25) is 0 Å². The molecule has 0 spiro atoms. The van der Waals surface area contributed by atoms with E-state index in [0.717, 1.165) is 36.3 Å². The van der Waals surface area contributed by atoms with Crippen molar-refractivity contribution < 1.29 is 23.8 Å². The molecule has 35 heavy (non-hydrogen) atoms. The van der Waals surface area contributed by atoms with Crippen LogP contribution < -0.4 is 14.8 Å². The Labute approximate surface area is 222 Å². The van der Waals surface area contributed by atoms with Gasteiger partial charge in [0.2, 0.25) is 0 Å². The molecule has 2 aromatic rings. The zero-order chi connectivity index (χ0) is 24.9. The van der Waals surface area contributed by atoms with Gasteiger partial charge in [-0.15, -0.1) is 0 Å². The van der Waals surface area contributed by atoms with Crippen molar-refractivity contribution in [3.05, 3.63) is 56.9 Å². The van der Waals surface area contributed by atoms with E-state index in [1.807, 2.05) is 37.3 Å². The molecule has 2 saturated heterocycles. The summed E-state index contributed by atoms with van der Waals surface area (Å²) in [4.78, 5) is 27.5. The maximum atomic E-state index is 12.9. The first-order chi connectivity index (χ1) is 16.9. The van der Waals surface area contributed by atoms with Crippen LogP contribution >= 0.6 is 39.9 Å². The van der Waals surface area contributed by atoms with Gasteiger partial charge in [0, 0.05) is 12.3 Å². The van der Waals surface area contributed by atoms with Gasteiger partial charge in [-0.3, -0.25) is 14.5 Å². The standard InChI is InChI=1S/C25H25BrN2O5S2/c1-15-6-3-4-8-19(15)27-22(29)14-33-23-18(26)10-16(11-20(23)31-2)12-21-24(30)28(25(34)35-21)13-17-7-5-9-32-17/h3-4,6,8,10-12,17H,5,7,9,13-14H2,1-2H3,(H,27,29)/b21-12-/t17-/m1/s1. The number of nitrogens with zero attached hydrogens (tertiary/aromatic N) is 1. The lowest BCUT2D eigenvalue weighted by Crippen LogP contribution is -2.35. The Balaban J connectivity index is 1.45. The van der Waals surface area contributed by atoms with Crippen molar-refractivity contribution in [1.82, 2.24) is 4.90 Å². The lowest BCUT2D eigenvalue weighted by molar-refractivity contribution is -0.123. The van der Waals surface area contributed by atoms with Crippen LogP contribution in [0.3, 0.4) is 0 Å². The normalized spacial score (nSPS) is 18.9. The Morgan fingerprint density at radius 2 is 2.17 bits per heavy atom. The molecule has 184 valence electrons. The number of hydrogen-bond acceptors (Lipinski definition) is 7. The number of aryl methyl sites for hydroxylation is 1. The average Bonchev–Trinajstić information content (AvgIpc) is 3.43. The molecule has 0 radical (unpaired) electrons. The number of carbonyl (C=O) groups excluding carboxylic acids is 2. The third kappa shape index (κ3) is 6.24. The number of rotatable bonds is 8. The van der Waals surface area contributed by atoms with Crippen LogP contribution in [0, 0.1) is 6.92 Å². The SMILES string of the molecule is COc1cc(/C=C2\SC(=S)N(C[C@H]3CCCO3)C2=O)cc(Br)c1OCC(=O)Nc1ccccc1C. The van der Waals surface area contributed by atoms with Gasteiger partial charge in [-0.25, -0.2) is 0 Å². The van der Waals surface area contributed by atoms with Crippen molar-refractivity contribution in [3.63, 3.8) is 0 Å². The monoisotopic (exact) mass is 576 g/mol. The Bertz CT molecular complexity index is 1180. The molecule has 2 amide bonds. The minimum atomic E-state index is -0.285. The van der Waals surface area contributed by atoms with Crippen molar-refractivity contribution in [3.8, 4) is 11.5 Å². The lowest BCUT2D eigenvalue weighted by Gasteiger charge is -2.18. The maximum absolute atomic E-state index is 12.9. The minimum Gasteiger partial charge on any atom is -0.493 e. The van der Waals surface area contributed by atoms with Gasteiger partial charge in [-0.2, -0.15) is 0 Å². The van der Waals surface area contributed by atoms with Gasteiger partial charge in [0.05, 0.1) is 29.1 Å². The first kappa shape index (κ1) is 25.7. The first-order valence-corrected chi connectivity index (χ1v) is 13.1. The molecule has 1 N–H and O–H groups in total. The summed E-state index contributed by atoms with van der Waals surface area (Å²) in [5.41, 5.74) is 2.44. The second-order valence-corrected chi connectivity index (χ2v) is 10.6. The summed E-state index contributed by atoms with van der Waals surface area (Å²) < 4.78 is 18.1. The first-order valence-electron chi connectivity index (χ1n) is 11.1. The molecule has 1 atom stereocenters. The fourth-order valence-corrected chi connectivity index (χ4v) is 5.65. The number of halogens is 1. The summed E-state index contributed by atoms with van der Waals surface area (Å²) in [6.07, 6.45) is 3.75. The van der Waals surface area contributed by atoms with Crippen LogP contribution in [-0.4, -0.2) is 54.0 Å². The van der Waals surface area contributed by atoms with E-state index in [-0.39, 0.29) is 24.5 Å². The average molecular weight is 578 g/mol. The summed E-state index contributed by atoms with van der Waals surface area (Å²) in [6.45, 7) is 2.94. The molecule has 2 aromatic carbocycles. The highest BCUT2D eigenvalue weighted by atomic mass is 79.9. The predicted octanol–water partition coefficient (Wildman–Crippen LogP) is 5.16. The van der Waals surface area contributed by atoms with Crippen LogP contribution in [0.25, 0.3) is 6.08 Å². The molecule has 7 nitrogen and oxygen atoms in total. The number of hydrogen-bond donors (Lipinski definition) is 1. The highest BCUT2D eigenvalue weighted by molar-refractivity contribution is 9.10. The topological polar surface area (TPSA) is 77.1 Å². The number of benzene rings is 2. The highest BCUT2D eigenvalue weighted by Crippen LogP contribution is 2.39. The maximum Gasteiger partial charge on any atom is 0.266 e. The lowest BCUT2D eigenvalue weighted by atomic mass is 10.1. The van der Waals surface area contributed by atoms with Crippen LogP contribution in [0.5, 0.6) is 11.5 Å². The van der Waals surface area contributed by atoms with E-state index in [9.17, 15) is 9.59 Å². The molecule has 2 heterocycles. The minimum absolute atomic E-state index is 0.0329. The number of thioether (sulfide) groups is 1. The Kier molecular flexibility index (Phi) is 8.48. The fraction of sp³-hybridized carbons (Fsp3) is 0.320. The van der Waals surface area contributed by atoms with Crippen LogP contribution in [0.1, 0.15) is 24.0 Å². The quantitative estimate of drug-likeness (QED) is 0.343. The largest absolute Gasteiger partial charge is 0.493 e. The van der Waals surface area contributed by atoms with Crippen molar-refractivity contribution in [1.29, 1.82) is 0 Å². The van der Waals surface area contributed by atoms with Crippen molar-refractivity contribution in [2.45, 2.75) is 25.9 Å². The molecule has 2 fully saturated rings. The summed E-state index contributed by atoms with van der Waals surface area (Å²) >= 11 is 10.2. The molecular formula is C25H25BrN2O5S2. The van der Waals surface area contributed by atoms with Crippen LogP contribution in [-0.2, 0) is 14.3 Å². The van der Waals surface area contributed by atoms with Gasteiger partial charge in [0.15, 0.2) is 18.1 Å². The zero-order valence-corrected chi connectivity index (χ0v) is 22.6. The van der Waals surface area contributed by atoms with E-state index < -0.39 is 0 Å². The fourth-order valence-electron chi connectivity index (χ4n) is 3.80. The van der Waals surface area contributed by atoms with Gasteiger partial charge in [-0.1, -0.05) is 42.2 Å². The Morgan fingerprint density at radius 3 is 2.89 bits per heavy atom. The summed E-state index contributed by atoms with van der Waals surface area (Å²) in [6, 6.07) is 11.1. The smallest absolute Gasteiger partial charge is 0.266 e. The molecule has 4 rings (SSSR count). The second kappa shape index (κ2) is 11.6. The van der Waals surface area contributed by atoms with E-state index in [2.05, 4.69) is 21.2 Å². The summed E-state index contributed by atoms with van der Waals surface area (Å²) in [5.74, 6) is 0.422. The number of methoxy groups -OCH3 is 1. The molecule has 0 bridgehead atoms. The number of amides is 2. The number of para-hydroxylation sites is 1. The molecular weight excluding hydrogens is 552 g/mol. The number of thiocarbonyl (C=S) groups is 1. The van der Waals surface area contributed by atoms with E-state index >= 15 is 0 Å². The van der Waals surface area contributed by atoms with Gasteiger partial charge in [0.25, 0.3) is 11.8 Å². The van der Waals surface area contributed by atoms with E-state index in [4.69, 9.17) is 26.4 Å². The van der Waals surface area contributed by atoms with E-state index in [1.54, 1.807) is 17.0 Å². The number of ether oxygens (including phenoxy) is 3. The third-order valence-electron chi connectivity index (χ3n) is 5.60. The number of carbonyl (C=O) groups is 2. The zero-order valence-electron chi connectivity index (χ0n) is 19.3. The van der Waals surface area contributed by atoms with Crippen LogP contribution in [0.15, 0.2) is 45.8 Å². The van der Waals surface area contributed by atoms with Crippen LogP contribution in [0.4, 0.5) is 5.69 Å². The van der Waals surface area contributed by atoms with Gasteiger partial charge >= 0.3 is 0 Å². The van der Waals surface area contributed by atoms with Crippen molar-refractivity contribution >= 4 is 67.8 Å². The molecule has 2 aliphatic heterocycles. The molecule has 0 aliphatic carbocycles. The molecule has 0 aromatic heterocycles. The Morgan fingerprint density at radius 1 is 1.37 bits per heavy atom. The van der Waals surface area contributed by atoms with Crippen molar-refractivity contribution in [2.75, 3.05) is 32.2 Å². The number of nitrogens with one attached hydrogen (secondary N) is 1. The van der Waals surface area contributed by atoms with E-state index in [1.165, 1.54) is 18.9 Å².